The number of carbonyl (C=O) groups excluding carboxylic acids is 1. The second-order valence-corrected chi connectivity index (χ2v) is 4.22. The zero-order valence-corrected chi connectivity index (χ0v) is 10.8. The molecule has 0 spiro atoms. The van der Waals surface area contributed by atoms with Crippen LogP contribution in [-0.2, 0) is 6.42 Å². The monoisotopic (exact) mass is 235 g/mol. The molecule has 0 heterocycles. The maximum Gasteiger partial charge on any atom is 0.165 e. The van der Waals surface area contributed by atoms with Crippen LogP contribution in [0.4, 0.5) is 0 Å². The summed E-state index contributed by atoms with van der Waals surface area (Å²) in [4.78, 5) is 12.1. The summed E-state index contributed by atoms with van der Waals surface area (Å²) in [5.41, 5.74) is 7.30. The number of methoxy groups -OCH3 is 1. The Hall–Kier alpha value is -1.35. The Bertz CT molecular complexity index is 388. The molecule has 0 saturated carbocycles. The SMILES string of the molecule is CCc1cc(C(=O)C(C)CCN)ccc1OC. The van der Waals surface area contributed by atoms with E-state index >= 15 is 0 Å². The third kappa shape index (κ3) is 3.30. The molecule has 17 heavy (non-hydrogen) atoms. The van der Waals surface area contributed by atoms with Crippen molar-refractivity contribution >= 4 is 5.78 Å². The van der Waals surface area contributed by atoms with Crippen LogP contribution in [-0.4, -0.2) is 19.4 Å². The van der Waals surface area contributed by atoms with Gasteiger partial charge < -0.3 is 10.5 Å². The molecule has 0 fully saturated rings. The minimum atomic E-state index is -0.0156. The third-order valence-electron chi connectivity index (χ3n) is 2.99. The summed E-state index contributed by atoms with van der Waals surface area (Å²) >= 11 is 0. The summed E-state index contributed by atoms with van der Waals surface area (Å²) in [6.07, 6.45) is 1.59. The van der Waals surface area contributed by atoms with Gasteiger partial charge in [-0.3, -0.25) is 4.79 Å². The molecular weight excluding hydrogens is 214 g/mol. The lowest BCUT2D eigenvalue weighted by molar-refractivity contribution is 0.0925. The molecule has 2 N–H and O–H groups in total. The number of Topliss-reactive ketones (excluding diaryl/α,β-unsaturated/α-hetero) is 1. The summed E-state index contributed by atoms with van der Waals surface area (Å²) in [7, 11) is 1.65. The largest absolute Gasteiger partial charge is 0.496 e. The fourth-order valence-electron chi connectivity index (χ4n) is 1.87. The molecule has 1 atom stereocenters. The number of aryl methyl sites for hydroxylation is 1. The van der Waals surface area contributed by atoms with Crippen molar-refractivity contribution < 1.29 is 9.53 Å². The zero-order valence-electron chi connectivity index (χ0n) is 10.8. The van der Waals surface area contributed by atoms with Gasteiger partial charge in [-0.1, -0.05) is 13.8 Å². The summed E-state index contributed by atoms with van der Waals surface area (Å²) in [5, 5.41) is 0. The molecule has 0 amide bonds. The lowest BCUT2D eigenvalue weighted by atomic mass is 9.94. The number of hydrogen-bond acceptors (Lipinski definition) is 3. The summed E-state index contributed by atoms with van der Waals surface area (Å²) < 4.78 is 5.25. The van der Waals surface area contributed by atoms with Crippen molar-refractivity contribution in [3.63, 3.8) is 0 Å². The van der Waals surface area contributed by atoms with Crippen molar-refractivity contribution in [3.05, 3.63) is 29.3 Å². The van der Waals surface area contributed by atoms with E-state index < -0.39 is 0 Å². The number of nitrogens with two attached hydrogens (primary N) is 1. The predicted molar refractivity (Wildman–Crippen MR) is 69.5 cm³/mol. The molecule has 1 aromatic carbocycles. The highest BCUT2D eigenvalue weighted by atomic mass is 16.5. The van der Waals surface area contributed by atoms with Crippen LogP contribution in [0.5, 0.6) is 5.75 Å². The molecule has 1 aromatic rings. The minimum absolute atomic E-state index is 0.0156. The fraction of sp³-hybridized carbons (Fsp3) is 0.500. The van der Waals surface area contributed by atoms with Gasteiger partial charge >= 0.3 is 0 Å². The van der Waals surface area contributed by atoms with Gasteiger partial charge in [-0.15, -0.1) is 0 Å². The quantitative estimate of drug-likeness (QED) is 0.770. The Morgan fingerprint density at radius 3 is 2.71 bits per heavy atom. The van der Waals surface area contributed by atoms with Gasteiger partial charge in [0, 0.05) is 11.5 Å². The smallest absolute Gasteiger partial charge is 0.165 e. The first-order chi connectivity index (χ1) is 8.13. The first kappa shape index (κ1) is 13.7. The Kier molecular flexibility index (Phi) is 5.16. The highest BCUT2D eigenvalue weighted by Gasteiger charge is 2.15. The molecule has 0 aromatic heterocycles. The number of carbonyl (C=O) groups is 1. The Morgan fingerprint density at radius 1 is 1.47 bits per heavy atom. The Balaban J connectivity index is 2.95. The van der Waals surface area contributed by atoms with E-state index in [4.69, 9.17) is 10.5 Å². The van der Waals surface area contributed by atoms with Gasteiger partial charge in [0.1, 0.15) is 5.75 Å². The maximum absolute atomic E-state index is 12.1. The number of benzene rings is 1. The van der Waals surface area contributed by atoms with E-state index in [1.165, 1.54) is 0 Å². The second-order valence-electron chi connectivity index (χ2n) is 4.22. The molecule has 1 unspecified atom stereocenters. The average Bonchev–Trinajstić information content (AvgIpc) is 2.37. The van der Waals surface area contributed by atoms with Gasteiger partial charge in [0.15, 0.2) is 5.78 Å². The summed E-state index contributed by atoms with van der Waals surface area (Å²) in [6, 6.07) is 5.61. The second kappa shape index (κ2) is 6.40. The number of rotatable bonds is 6. The molecule has 0 bridgehead atoms. The van der Waals surface area contributed by atoms with E-state index in [0.717, 1.165) is 29.7 Å². The van der Waals surface area contributed by atoms with Crippen molar-refractivity contribution in [2.45, 2.75) is 26.7 Å². The van der Waals surface area contributed by atoms with E-state index in [1.54, 1.807) is 7.11 Å². The molecule has 0 aliphatic carbocycles. The van der Waals surface area contributed by atoms with Crippen LogP contribution in [0.1, 0.15) is 36.2 Å². The molecule has 0 saturated heterocycles. The lowest BCUT2D eigenvalue weighted by Crippen LogP contribution is -2.16. The lowest BCUT2D eigenvalue weighted by Gasteiger charge is -2.12. The fourth-order valence-corrected chi connectivity index (χ4v) is 1.87. The number of ether oxygens (including phenoxy) is 1. The van der Waals surface area contributed by atoms with E-state index in [0.29, 0.717) is 6.54 Å². The van der Waals surface area contributed by atoms with Crippen LogP contribution >= 0.6 is 0 Å². The van der Waals surface area contributed by atoms with Gasteiger partial charge in [0.05, 0.1) is 7.11 Å². The molecule has 0 radical (unpaired) electrons. The molecule has 3 nitrogen and oxygen atoms in total. The number of hydrogen-bond donors (Lipinski definition) is 1. The van der Waals surface area contributed by atoms with Crippen molar-refractivity contribution in [1.82, 2.24) is 0 Å². The summed E-state index contributed by atoms with van der Waals surface area (Å²) in [5.74, 6) is 0.987. The molecule has 0 aliphatic rings. The maximum atomic E-state index is 12.1. The van der Waals surface area contributed by atoms with Gasteiger partial charge in [-0.25, -0.2) is 0 Å². The highest BCUT2D eigenvalue weighted by Crippen LogP contribution is 2.22. The first-order valence-electron chi connectivity index (χ1n) is 6.05. The van der Waals surface area contributed by atoms with E-state index in [9.17, 15) is 4.79 Å². The molecule has 1 rings (SSSR count). The third-order valence-corrected chi connectivity index (χ3v) is 2.99. The first-order valence-corrected chi connectivity index (χ1v) is 6.05. The van der Waals surface area contributed by atoms with Gasteiger partial charge in [0.25, 0.3) is 0 Å². The van der Waals surface area contributed by atoms with Crippen LogP contribution in [0.25, 0.3) is 0 Å². The molecular formula is C14H21NO2. The van der Waals surface area contributed by atoms with Crippen LogP contribution in [0.15, 0.2) is 18.2 Å². The van der Waals surface area contributed by atoms with Crippen LogP contribution in [0, 0.1) is 5.92 Å². The van der Waals surface area contributed by atoms with Crippen molar-refractivity contribution in [1.29, 1.82) is 0 Å². The topological polar surface area (TPSA) is 52.3 Å². The van der Waals surface area contributed by atoms with Crippen LogP contribution in [0.2, 0.25) is 0 Å². The number of ketones is 1. The predicted octanol–water partition coefficient (Wildman–Crippen LogP) is 2.43. The Morgan fingerprint density at radius 2 is 2.18 bits per heavy atom. The van der Waals surface area contributed by atoms with E-state index in [1.807, 2.05) is 25.1 Å². The van der Waals surface area contributed by atoms with E-state index in [2.05, 4.69) is 6.92 Å². The van der Waals surface area contributed by atoms with Gasteiger partial charge in [-0.2, -0.15) is 0 Å². The highest BCUT2D eigenvalue weighted by molar-refractivity contribution is 5.98. The van der Waals surface area contributed by atoms with Crippen molar-refractivity contribution in [2.24, 2.45) is 11.7 Å². The van der Waals surface area contributed by atoms with Gasteiger partial charge in [-0.05, 0) is 43.1 Å². The van der Waals surface area contributed by atoms with E-state index in [-0.39, 0.29) is 11.7 Å². The molecule has 0 aliphatic heterocycles. The van der Waals surface area contributed by atoms with Gasteiger partial charge in [0.2, 0.25) is 0 Å². The van der Waals surface area contributed by atoms with Crippen LogP contribution in [0.3, 0.4) is 0 Å². The van der Waals surface area contributed by atoms with Crippen molar-refractivity contribution in [2.75, 3.05) is 13.7 Å². The average molecular weight is 235 g/mol. The standard InChI is InChI=1S/C14H21NO2/c1-4-11-9-12(5-6-13(11)17-3)14(16)10(2)7-8-15/h5-6,9-10H,4,7-8,15H2,1-3H3. The summed E-state index contributed by atoms with van der Waals surface area (Å²) in [6.45, 7) is 4.52. The molecule has 94 valence electrons. The zero-order chi connectivity index (χ0) is 12.8. The van der Waals surface area contributed by atoms with Crippen molar-refractivity contribution in [3.8, 4) is 5.75 Å². The minimum Gasteiger partial charge on any atom is -0.496 e. The normalized spacial score (nSPS) is 12.2. The Labute approximate surface area is 103 Å². The molecule has 3 heteroatoms. The van der Waals surface area contributed by atoms with Crippen LogP contribution < -0.4 is 10.5 Å².